The average Bonchev–Trinajstić information content (AvgIpc) is 2.43. The van der Waals surface area contributed by atoms with Crippen LogP contribution in [0.2, 0.25) is 0 Å². The second kappa shape index (κ2) is 2.72. The molecule has 1 heterocycles. The lowest BCUT2D eigenvalue weighted by Gasteiger charge is -2.42. The molecule has 0 aromatic rings. The molecule has 0 aromatic carbocycles. The first kappa shape index (κ1) is 8.53. The number of methoxy groups -OCH3 is 1. The lowest BCUT2D eigenvalue weighted by atomic mass is 9.61. The smallest absolute Gasteiger partial charge is 0.308 e. The summed E-state index contributed by atoms with van der Waals surface area (Å²) in [7, 11) is 1.41. The Kier molecular flexibility index (Phi) is 1.78. The van der Waals surface area contributed by atoms with Crippen LogP contribution < -0.4 is 5.32 Å². The van der Waals surface area contributed by atoms with Crippen LogP contribution >= 0.6 is 0 Å². The Hall–Kier alpha value is -1.06. The Balaban J connectivity index is 1.90. The van der Waals surface area contributed by atoms with Crippen molar-refractivity contribution in [3.05, 3.63) is 0 Å². The number of ether oxygens (including phenoxy) is 1. The van der Waals surface area contributed by atoms with Crippen molar-refractivity contribution in [2.24, 2.45) is 11.3 Å². The van der Waals surface area contributed by atoms with Crippen molar-refractivity contribution < 1.29 is 14.3 Å². The van der Waals surface area contributed by atoms with Gasteiger partial charge in [-0.2, -0.15) is 0 Å². The molecule has 13 heavy (non-hydrogen) atoms. The molecule has 1 saturated carbocycles. The molecule has 1 spiro atoms. The van der Waals surface area contributed by atoms with Crippen molar-refractivity contribution in [1.29, 1.82) is 0 Å². The van der Waals surface area contributed by atoms with Gasteiger partial charge in [-0.3, -0.25) is 9.59 Å². The zero-order valence-corrected chi connectivity index (χ0v) is 7.63. The van der Waals surface area contributed by atoms with Gasteiger partial charge in [0, 0.05) is 13.0 Å². The van der Waals surface area contributed by atoms with Gasteiger partial charge >= 0.3 is 5.97 Å². The number of esters is 1. The Morgan fingerprint density at radius 3 is 2.77 bits per heavy atom. The van der Waals surface area contributed by atoms with Gasteiger partial charge in [-0.15, -0.1) is 0 Å². The summed E-state index contributed by atoms with van der Waals surface area (Å²) in [6.45, 7) is 0.735. The summed E-state index contributed by atoms with van der Waals surface area (Å²) in [5.74, 6) is 0.00555. The van der Waals surface area contributed by atoms with Crippen LogP contribution in [-0.4, -0.2) is 25.5 Å². The van der Waals surface area contributed by atoms with E-state index >= 15 is 0 Å². The van der Waals surface area contributed by atoms with Crippen molar-refractivity contribution >= 4 is 11.9 Å². The average molecular weight is 183 g/mol. The van der Waals surface area contributed by atoms with E-state index in [1.54, 1.807) is 0 Å². The highest BCUT2D eigenvalue weighted by molar-refractivity contribution is 5.81. The lowest BCUT2D eigenvalue weighted by molar-refractivity contribution is -0.153. The minimum atomic E-state index is -0.134. The minimum absolute atomic E-state index is 0.0256. The van der Waals surface area contributed by atoms with Gasteiger partial charge in [0.25, 0.3) is 0 Å². The molecule has 0 bridgehead atoms. The SMILES string of the molecule is COC(=O)C1CC2(CNC(=O)C2)C1. The van der Waals surface area contributed by atoms with Crippen LogP contribution in [-0.2, 0) is 14.3 Å². The van der Waals surface area contributed by atoms with Crippen LogP contribution in [0.4, 0.5) is 0 Å². The molecule has 1 aliphatic carbocycles. The largest absolute Gasteiger partial charge is 0.469 e. The van der Waals surface area contributed by atoms with Gasteiger partial charge in [0.1, 0.15) is 0 Å². The van der Waals surface area contributed by atoms with E-state index in [0.717, 1.165) is 19.4 Å². The van der Waals surface area contributed by atoms with Crippen molar-refractivity contribution in [2.75, 3.05) is 13.7 Å². The molecule has 1 N–H and O–H groups in total. The standard InChI is InChI=1S/C9H13NO3/c1-13-8(12)6-2-9(3-6)4-7(11)10-5-9/h6H,2-5H2,1H3,(H,10,11). The molecule has 72 valence electrons. The zero-order valence-electron chi connectivity index (χ0n) is 7.63. The van der Waals surface area contributed by atoms with E-state index < -0.39 is 0 Å². The molecular weight excluding hydrogens is 170 g/mol. The van der Waals surface area contributed by atoms with Crippen LogP contribution in [0.25, 0.3) is 0 Å². The quantitative estimate of drug-likeness (QED) is 0.585. The first-order chi connectivity index (χ1) is 6.15. The van der Waals surface area contributed by atoms with Crippen LogP contribution in [0, 0.1) is 11.3 Å². The van der Waals surface area contributed by atoms with Gasteiger partial charge in [0.2, 0.25) is 5.91 Å². The van der Waals surface area contributed by atoms with Crippen LogP contribution in [0.5, 0.6) is 0 Å². The molecule has 2 aliphatic rings. The van der Waals surface area contributed by atoms with Crippen molar-refractivity contribution in [3.63, 3.8) is 0 Å². The molecule has 1 amide bonds. The Morgan fingerprint density at radius 1 is 1.62 bits per heavy atom. The number of nitrogens with one attached hydrogen (secondary N) is 1. The highest BCUT2D eigenvalue weighted by atomic mass is 16.5. The van der Waals surface area contributed by atoms with E-state index in [0.29, 0.717) is 6.42 Å². The number of hydrogen-bond acceptors (Lipinski definition) is 3. The van der Waals surface area contributed by atoms with Crippen molar-refractivity contribution in [3.8, 4) is 0 Å². The van der Waals surface area contributed by atoms with Crippen molar-refractivity contribution in [2.45, 2.75) is 19.3 Å². The summed E-state index contributed by atoms with van der Waals surface area (Å²) in [6.07, 6.45) is 2.19. The summed E-state index contributed by atoms with van der Waals surface area (Å²) in [6, 6.07) is 0. The van der Waals surface area contributed by atoms with Crippen LogP contribution in [0.3, 0.4) is 0 Å². The van der Waals surface area contributed by atoms with Gasteiger partial charge in [-0.25, -0.2) is 0 Å². The summed E-state index contributed by atoms with van der Waals surface area (Å²) in [5.41, 5.74) is 0.0793. The predicted octanol–water partition coefficient (Wildman–Crippen LogP) is 0.0757. The molecule has 0 radical (unpaired) electrons. The van der Waals surface area contributed by atoms with Gasteiger partial charge < -0.3 is 10.1 Å². The predicted molar refractivity (Wildman–Crippen MR) is 44.8 cm³/mol. The lowest BCUT2D eigenvalue weighted by Crippen LogP contribution is -2.42. The number of rotatable bonds is 1. The second-order valence-electron chi connectivity index (χ2n) is 4.08. The van der Waals surface area contributed by atoms with Gasteiger partial charge in [0.05, 0.1) is 13.0 Å². The third-order valence-electron chi connectivity index (χ3n) is 3.09. The first-order valence-electron chi connectivity index (χ1n) is 4.50. The van der Waals surface area contributed by atoms with E-state index in [1.807, 2.05) is 0 Å². The minimum Gasteiger partial charge on any atom is -0.469 e. The van der Waals surface area contributed by atoms with Gasteiger partial charge in [-0.1, -0.05) is 0 Å². The fraction of sp³-hybridized carbons (Fsp3) is 0.778. The number of carbonyl (C=O) groups excluding carboxylic acids is 2. The van der Waals surface area contributed by atoms with E-state index in [1.165, 1.54) is 7.11 Å². The fourth-order valence-corrected chi connectivity index (χ4v) is 2.36. The van der Waals surface area contributed by atoms with Gasteiger partial charge in [0.15, 0.2) is 0 Å². The third kappa shape index (κ3) is 1.30. The molecule has 2 fully saturated rings. The Bertz CT molecular complexity index is 256. The van der Waals surface area contributed by atoms with Crippen LogP contribution in [0.15, 0.2) is 0 Å². The summed E-state index contributed by atoms with van der Waals surface area (Å²) in [5, 5.41) is 2.80. The van der Waals surface area contributed by atoms with Crippen LogP contribution in [0.1, 0.15) is 19.3 Å². The molecule has 1 saturated heterocycles. The molecule has 4 heteroatoms. The summed E-state index contributed by atoms with van der Waals surface area (Å²) < 4.78 is 4.64. The molecule has 0 unspecified atom stereocenters. The first-order valence-corrected chi connectivity index (χ1v) is 4.50. The van der Waals surface area contributed by atoms with E-state index in [4.69, 9.17) is 0 Å². The molecule has 2 rings (SSSR count). The number of amides is 1. The van der Waals surface area contributed by atoms with Crippen molar-refractivity contribution in [1.82, 2.24) is 5.32 Å². The maximum absolute atomic E-state index is 11.1. The summed E-state index contributed by atoms with van der Waals surface area (Å²) >= 11 is 0. The Morgan fingerprint density at radius 2 is 2.31 bits per heavy atom. The zero-order chi connectivity index (χ0) is 9.47. The van der Waals surface area contributed by atoms with E-state index in [-0.39, 0.29) is 23.2 Å². The molecule has 4 nitrogen and oxygen atoms in total. The third-order valence-corrected chi connectivity index (χ3v) is 3.09. The number of carbonyl (C=O) groups is 2. The van der Waals surface area contributed by atoms with E-state index in [9.17, 15) is 9.59 Å². The van der Waals surface area contributed by atoms with Gasteiger partial charge in [-0.05, 0) is 18.3 Å². The summed E-state index contributed by atoms with van der Waals surface area (Å²) in [4.78, 5) is 22.1. The maximum Gasteiger partial charge on any atom is 0.308 e. The highest BCUT2D eigenvalue weighted by Gasteiger charge is 2.51. The fourth-order valence-electron chi connectivity index (χ4n) is 2.36. The topological polar surface area (TPSA) is 55.4 Å². The highest BCUT2D eigenvalue weighted by Crippen LogP contribution is 2.50. The normalized spacial score (nSPS) is 37.0. The Labute approximate surface area is 76.6 Å². The van der Waals surface area contributed by atoms with E-state index in [2.05, 4.69) is 10.1 Å². The monoisotopic (exact) mass is 183 g/mol. The molecule has 0 atom stereocenters. The molecule has 1 aliphatic heterocycles. The number of hydrogen-bond donors (Lipinski definition) is 1. The molecular formula is C9H13NO3. The molecule has 0 aromatic heterocycles. The maximum atomic E-state index is 11.1. The second-order valence-corrected chi connectivity index (χ2v) is 4.08.